The molecule has 0 saturated heterocycles. The second-order valence-corrected chi connectivity index (χ2v) is 2.69. The third kappa shape index (κ3) is 2.40. The molecule has 0 bridgehead atoms. The molecule has 0 atom stereocenters. The average molecular weight is 182 g/mol. The fourth-order valence-corrected chi connectivity index (χ4v) is 0.974. The molecule has 0 fully saturated rings. The third-order valence-corrected chi connectivity index (χ3v) is 1.67. The number of aryl methyl sites for hydroxylation is 2. The highest BCUT2D eigenvalue weighted by atomic mass is 16.4. The predicted octanol–water partition coefficient (Wildman–Crippen LogP) is 0.479. The summed E-state index contributed by atoms with van der Waals surface area (Å²) in [6.07, 6.45) is 2.27. The fourth-order valence-electron chi connectivity index (χ4n) is 0.974. The van der Waals surface area contributed by atoms with Crippen LogP contribution < -0.4 is 0 Å². The SMILES string of the molecule is Cc1nn(CCC(=O)O)cc1C=O. The minimum Gasteiger partial charge on any atom is -0.481 e. The molecule has 1 N–H and O–H groups in total. The highest BCUT2D eigenvalue weighted by molar-refractivity contribution is 5.75. The minimum atomic E-state index is -0.874. The van der Waals surface area contributed by atoms with Gasteiger partial charge in [0.2, 0.25) is 0 Å². The molecule has 0 saturated carbocycles. The maximum Gasteiger partial charge on any atom is 0.305 e. The van der Waals surface area contributed by atoms with Gasteiger partial charge in [-0.1, -0.05) is 0 Å². The van der Waals surface area contributed by atoms with Gasteiger partial charge in [0.05, 0.1) is 24.2 Å². The van der Waals surface area contributed by atoms with E-state index < -0.39 is 5.97 Å². The molecule has 13 heavy (non-hydrogen) atoms. The molecule has 0 aliphatic heterocycles. The van der Waals surface area contributed by atoms with Crippen LogP contribution >= 0.6 is 0 Å². The van der Waals surface area contributed by atoms with Crippen LogP contribution in [0.4, 0.5) is 0 Å². The number of carboxylic acid groups (broad SMARTS) is 1. The number of carbonyl (C=O) groups excluding carboxylic acids is 1. The Morgan fingerprint density at radius 1 is 1.77 bits per heavy atom. The van der Waals surface area contributed by atoms with Crippen molar-refractivity contribution in [3.05, 3.63) is 17.5 Å². The zero-order valence-electron chi connectivity index (χ0n) is 7.23. The summed E-state index contributed by atoms with van der Waals surface area (Å²) in [6, 6.07) is 0. The number of carboxylic acids is 1. The van der Waals surface area contributed by atoms with Gasteiger partial charge in [-0.25, -0.2) is 0 Å². The highest BCUT2D eigenvalue weighted by Gasteiger charge is 2.04. The Morgan fingerprint density at radius 3 is 2.92 bits per heavy atom. The van der Waals surface area contributed by atoms with E-state index in [9.17, 15) is 9.59 Å². The highest BCUT2D eigenvalue weighted by Crippen LogP contribution is 2.02. The minimum absolute atomic E-state index is 0.0133. The summed E-state index contributed by atoms with van der Waals surface area (Å²) in [5, 5.41) is 12.4. The van der Waals surface area contributed by atoms with Crippen LogP contribution in [0.15, 0.2) is 6.20 Å². The van der Waals surface area contributed by atoms with E-state index in [1.165, 1.54) is 4.68 Å². The Morgan fingerprint density at radius 2 is 2.46 bits per heavy atom. The lowest BCUT2D eigenvalue weighted by Crippen LogP contribution is -2.04. The molecular weight excluding hydrogens is 172 g/mol. The van der Waals surface area contributed by atoms with Gasteiger partial charge in [0, 0.05) is 6.20 Å². The average Bonchev–Trinajstić information content (AvgIpc) is 2.43. The Labute approximate surface area is 75.0 Å². The number of aldehydes is 1. The second kappa shape index (κ2) is 3.84. The maximum atomic E-state index is 10.4. The molecule has 1 aromatic rings. The summed E-state index contributed by atoms with van der Waals surface area (Å²) in [4.78, 5) is 20.6. The summed E-state index contributed by atoms with van der Waals surface area (Å²) >= 11 is 0. The first-order valence-corrected chi connectivity index (χ1v) is 3.84. The van der Waals surface area contributed by atoms with Crippen molar-refractivity contribution < 1.29 is 14.7 Å². The first-order chi connectivity index (χ1) is 6.13. The quantitative estimate of drug-likeness (QED) is 0.687. The van der Waals surface area contributed by atoms with E-state index >= 15 is 0 Å². The van der Waals surface area contributed by atoms with Crippen LogP contribution in [0, 0.1) is 6.92 Å². The number of carbonyl (C=O) groups is 2. The molecule has 0 spiro atoms. The van der Waals surface area contributed by atoms with Gasteiger partial charge in [0.1, 0.15) is 0 Å². The van der Waals surface area contributed by atoms with Crippen molar-refractivity contribution in [3.8, 4) is 0 Å². The van der Waals surface area contributed by atoms with Gasteiger partial charge in [0.15, 0.2) is 6.29 Å². The van der Waals surface area contributed by atoms with Gasteiger partial charge in [-0.05, 0) is 6.92 Å². The molecular formula is C8H10N2O3. The molecule has 5 heteroatoms. The number of hydrogen-bond donors (Lipinski definition) is 1. The summed E-state index contributed by atoms with van der Waals surface area (Å²) in [7, 11) is 0. The Balaban J connectivity index is 2.68. The molecule has 0 aromatic carbocycles. The molecule has 70 valence electrons. The largest absolute Gasteiger partial charge is 0.481 e. The van der Waals surface area contributed by atoms with Crippen molar-refractivity contribution in [3.63, 3.8) is 0 Å². The smallest absolute Gasteiger partial charge is 0.305 e. The van der Waals surface area contributed by atoms with E-state index in [2.05, 4.69) is 5.10 Å². The zero-order valence-corrected chi connectivity index (χ0v) is 7.23. The molecule has 0 unspecified atom stereocenters. The van der Waals surface area contributed by atoms with Gasteiger partial charge in [0.25, 0.3) is 0 Å². The van der Waals surface area contributed by atoms with Crippen molar-refractivity contribution in [2.24, 2.45) is 0 Å². The standard InChI is InChI=1S/C8H10N2O3/c1-6-7(5-11)4-10(9-6)3-2-8(12)13/h4-5H,2-3H2,1H3,(H,12,13). The van der Waals surface area contributed by atoms with E-state index in [-0.39, 0.29) is 6.42 Å². The van der Waals surface area contributed by atoms with E-state index in [4.69, 9.17) is 5.11 Å². The van der Waals surface area contributed by atoms with Crippen LogP contribution in [0.3, 0.4) is 0 Å². The van der Waals surface area contributed by atoms with Crippen LogP contribution in [0.25, 0.3) is 0 Å². The van der Waals surface area contributed by atoms with Crippen molar-refractivity contribution in [1.29, 1.82) is 0 Å². The Hall–Kier alpha value is -1.65. The van der Waals surface area contributed by atoms with Gasteiger partial charge in [-0.3, -0.25) is 14.3 Å². The molecule has 1 rings (SSSR count). The van der Waals surface area contributed by atoms with Crippen molar-refractivity contribution in [1.82, 2.24) is 9.78 Å². The lowest BCUT2D eigenvalue weighted by atomic mass is 10.3. The van der Waals surface area contributed by atoms with Gasteiger partial charge >= 0.3 is 5.97 Å². The zero-order chi connectivity index (χ0) is 9.84. The lowest BCUT2D eigenvalue weighted by molar-refractivity contribution is -0.137. The number of rotatable bonds is 4. The van der Waals surface area contributed by atoms with Crippen molar-refractivity contribution in [2.45, 2.75) is 19.9 Å². The van der Waals surface area contributed by atoms with Crippen LogP contribution in [0.1, 0.15) is 22.5 Å². The molecule has 0 aliphatic carbocycles. The van der Waals surface area contributed by atoms with E-state index in [0.717, 1.165) is 0 Å². The van der Waals surface area contributed by atoms with Gasteiger partial charge in [-0.15, -0.1) is 0 Å². The summed E-state index contributed by atoms with van der Waals surface area (Å²) in [6.45, 7) is 2.00. The van der Waals surface area contributed by atoms with Crippen molar-refractivity contribution in [2.75, 3.05) is 0 Å². The Bertz CT molecular complexity index is 330. The molecule has 0 radical (unpaired) electrons. The first-order valence-electron chi connectivity index (χ1n) is 3.84. The number of aliphatic carboxylic acids is 1. The first kappa shape index (κ1) is 9.44. The molecule has 0 amide bonds. The van der Waals surface area contributed by atoms with Crippen LogP contribution in [0.5, 0.6) is 0 Å². The maximum absolute atomic E-state index is 10.4. The molecule has 1 heterocycles. The lowest BCUT2D eigenvalue weighted by Gasteiger charge is -1.95. The van der Waals surface area contributed by atoms with Crippen molar-refractivity contribution >= 4 is 12.3 Å². The van der Waals surface area contributed by atoms with Crippen LogP contribution in [0.2, 0.25) is 0 Å². The molecule has 0 aliphatic rings. The van der Waals surface area contributed by atoms with Gasteiger partial charge < -0.3 is 5.11 Å². The fraction of sp³-hybridized carbons (Fsp3) is 0.375. The molecule has 5 nitrogen and oxygen atoms in total. The normalized spacial score (nSPS) is 9.92. The number of aromatic nitrogens is 2. The second-order valence-electron chi connectivity index (χ2n) is 2.69. The monoisotopic (exact) mass is 182 g/mol. The molecule has 1 aromatic heterocycles. The topological polar surface area (TPSA) is 72.2 Å². The van der Waals surface area contributed by atoms with E-state index in [1.54, 1.807) is 13.1 Å². The number of hydrogen-bond acceptors (Lipinski definition) is 3. The van der Waals surface area contributed by atoms with Crippen LogP contribution in [-0.2, 0) is 11.3 Å². The predicted molar refractivity (Wildman–Crippen MR) is 44.6 cm³/mol. The number of nitrogens with zero attached hydrogens (tertiary/aromatic N) is 2. The van der Waals surface area contributed by atoms with Crippen LogP contribution in [-0.4, -0.2) is 27.1 Å². The summed E-state index contributed by atoms with van der Waals surface area (Å²) < 4.78 is 1.47. The Kier molecular flexibility index (Phi) is 2.79. The summed E-state index contributed by atoms with van der Waals surface area (Å²) in [5.74, 6) is -0.874. The van der Waals surface area contributed by atoms with E-state index in [0.29, 0.717) is 24.1 Å². The van der Waals surface area contributed by atoms with Gasteiger partial charge in [-0.2, -0.15) is 5.10 Å². The van der Waals surface area contributed by atoms with E-state index in [1.807, 2.05) is 0 Å². The third-order valence-electron chi connectivity index (χ3n) is 1.67. The summed E-state index contributed by atoms with van der Waals surface area (Å²) in [5.41, 5.74) is 1.13.